The minimum atomic E-state index is -1.01. The van der Waals surface area contributed by atoms with Crippen LogP contribution in [0.15, 0.2) is 24.4 Å². The summed E-state index contributed by atoms with van der Waals surface area (Å²) in [5.41, 5.74) is 0.750. The number of aromatic carboxylic acids is 1. The van der Waals surface area contributed by atoms with Crippen molar-refractivity contribution in [3.8, 4) is 0 Å². The van der Waals surface area contributed by atoms with Crippen molar-refractivity contribution in [2.75, 3.05) is 19.0 Å². The lowest BCUT2D eigenvalue weighted by molar-refractivity contribution is 0.0690. The smallest absolute Gasteiger partial charge is 0.356 e. The predicted octanol–water partition coefficient (Wildman–Crippen LogP) is 1.87. The molecular weight excluding hydrogens is 246 g/mol. The average molecular weight is 263 g/mol. The zero-order valence-corrected chi connectivity index (χ0v) is 11.0. The van der Waals surface area contributed by atoms with E-state index < -0.39 is 5.97 Å². The monoisotopic (exact) mass is 263 g/mol. The number of hydrogen-bond acceptors (Lipinski definition) is 4. The molecule has 0 saturated heterocycles. The zero-order chi connectivity index (χ0) is 13.8. The minimum Gasteiger partial charge on any atom is -0.476 e. The molecule has 0 spiro atoms. The highest BCUT2D eigenvalue weighted by molar-refractivity contribution is 5.93. The highest BCUT2D eigenvalue weighted by atomic mass is 16.5. The molecule has 0 saturated carbocycles. The highest BCUT2D eigenvalue weighted by Gasteiger charge is 2.20. The van der Waals surface area contributed by atoms with Crippen LogP contribution in [-0.2, 0) is 4.74 Å². The van der Waals surface area contributed by atoms with E-state index in [1.165, 1.54) is 0 Å². The van der Waals surface area contributed by atoms with E-state index in [4.69, 9.17) is 4.74 Å². The van der Waals surface area contributed by atoms with Crippen LogP contribution in [0.2, 0.25) is 0 Å². The number of ether oxygens (including phenoxy) is 1. The van der Waals surface area contributed by atoms with Gasteiger partial charge >= 0.3 is 5.97 Å². The molecule has 0 fully saturated rings. The number of rotatable bonds is 6. The molecule has 0 aromatic carbocycles. The summed E-state index contributed by atoms with van der Waals surface area (Å²) in [6.07, 6.45) is 2.51. The fraction of sp³-hybridized carbons (Fsp3) is 0.385. The number of carboxylic acid groups (broad SMARTS) is 1. The maximum Gasteiger partial charge on any atom is 0.356 e. The third-order valence-corrected chi connectivity index (χ3v) is 2.93. The fourth-order valence-corrected chi connectivity index (χ4v) is 1.96. The van der Waals surface area contributed by atoms with Crippen molar-refractivity contribution in [3.05, 3.63) is 30.1 Å². The number of imidazole rings is 1. The molecule has 0 bridgehead atoms. The summed E-state index contributed by atoms with van der Waals surface area (Å²) in [6, 6.07) is 5.41. The van der Waals surface area contributed by atoms with Crippen LogP contribution in [0.1, 0.15) is 23.8 Å². The van der Waals surface area contributed by atoms with E-state index in [0.29, 0.717) is 18.1 Å². The normalized spacial score (nSPS) is 12.5. The highest BCUT2D eigenvalue weighted by Crippen LogP contribution is 2.19. The number of aromatic nitrogens is 2. The zero-order valence-electron chi connectivity index (χ0n) is 11.0. The van der Waals surface area contributed by atoms with E-state index >= 15 is 0 Å². The molecule has 6 nitrogen and oxygen atoms in total. The van der Waals surface area contributed by atoms with E-state index in [9.17, 15) is 9.90 Å². The van der Waals surface area contributed by atoms with Crippen molar-refractivity contribution in [2.45, 2.75) is 19.4 Å². The van der Waals surface area contributed by atoms with Crippen LogP contribution in [0, 0.1) is 0 Å². The molecule has 0 aliphatic carbocycles. The minimum absolute atomic E-state index is 0.0352. The Hall–Kier alpha value is -2.08. The molecule has 0 radical (unpaired) electrons. The van der Waals surface area contributed by atoms with Gasteiger partial charge in [0.25, 0.3) is 0 Å². The summed E-state index contributed by atoms with van der Waals surface area (Å²) in [6.45, 7) is 2.51. The number of fused-ring (bicyclic) bond motifs is 1. The molecule has 102 valence electrons. The van der Waals surface area contributed by atoms with Crippen LogP contribution in [0.5, 0.6) is 0 Å². The van der Waals surface area contributed by atoms with Gasteiger partial charge in [0.15, 0.2) is 11.5 Å². The standard InChI is InChI=1S/C13H17N3O3/c1-3-9(8-19-2)14-12-11(13(17)18)16-7-5-4-6-10(16)15-12/h4-7,9,14H,3,8H2,1-2H3,(H,17,18). The van der Waals surface area contributed by atoms with E-state index in [-0.39, 0.29) is 11.7 Å². The maximum absolute atomic E-state index is 11.4. The van der Waals surface area contributed by atoms with Gasteiger partial charge in [0.2, 0.25) is 0 Å². The molecule has 2 heterocycles. The Morgan fingerprint density at radius 1 is 1.58 bits per heavy atom. The van der Waals surface area contributed by atoms with Crippen molar-refractivity contribution in [3.63, 3.8) is 0 Å². The largest absolute Gasteiger partial charge is 0.476 e. The van der Waals surface area contributed by atoms with Gasteiger partial charge in [0.05, 0.1) is 12.6 Å². The van der Waals surface area contributed by atoms with Crippen molar-refractivity contribution in [2.24, 2.45) is 0 Å². The summed E-state index contributed by atoms with van der Waals surface area (Å²) in [4.78, 5) is 15.7. The van der Waals surface area contributed by atoms with Gasteiger partial charge in [-0.05, 0) is 18.6 Å². The van der Waals surface area contributed by atoms with Crippen LogP contribution in [0.3, 0.4) is 0 Å². The first kappa shape index (κ1) is 13.4. The number of carboxylic acids is 1. The molecule has 0 aliphatic heterocycles. The third-order valence-electron chi connectivity index (χ3n) is 2.93. The Balaban J connectivity index is 2.41. The van der Waals surface area contributed by atoms with Gasteiger partial charge in [0, 0.05) is 13.3 Å². The molecule has 2 aromatic rings. The summed E-state index contributed by atoms with van der Waals surface area (Å²) >= 11 is 0. The lowest BCUT2D eigenvalue weighted by Gasteiger charge is -2.15. The molecule has 0 aliphatic rings. The van der Waals surface area contributed by atoms with Crippen LogP contribution >= 0.6 is 0 Å². The second-order valence-corrected chi connectivity index (χ2v) is 4.25. The van der Waals surface area contributed by atoms with Crippen LogP contribution in [-0.4, -0.2) is 40.2 Å². The molecule has 1 unspecified atom stereocenters. The van der Waals surface area contributed by atoms with Crippen molar-refractivity contribution in [1.82, 2.24) is 9.38 Å². The molecular formula is C13H17N3O3. The summed E-state index contributed by atoms with van der Waals surface area (Å²) in [7, 11) is 1.62. The van der Waals surface area contributed by atoms with Gasteiger partial charge in [-0.25, -0.2) is 9.78 Å². The van der Waals surface area contributed by atoms with E-state index in [0.717, 1.165) is 6.42 Å². The summed E-state index contributed by atoms with van der Waals surface area (Å²) in [5.74, 6) is -0.629. The topological polar surface area (TPSA) is 75.9 Å². The maximum atomic E-state index is 11.4. The Labute approximate surface area is 111 Å². The molecule has 6 heteroatoms. The predicted molar refractivity (Wildman–Crippen MR) is 71.7 cm³/mol. The number of anilines is 1. The van der Waals surface area contributed by atoms with Crippen LogP contribution < -0.4 is 5.32 Å². The number of nitrogens with one attached hydrogen (secondary N) is 1. The lowest BCUT2D eigenvalue weighted by atomic mass is 10.2. The summed E-state index contributed by atoms with van der Waals surface area (Å²) < 4.78 is 6.66. The average Bonchev–Trinajstić information content (AvgIpc) is 2.76. The van der Waals surface area contributed by atoms with Crippen molar-refractivity contribution < 1.29 is 14.6 Å². The van der Waals surface area contributed by atoms with E-state index in [1.54, 1.807) is 29.8 Å². The SMILES string of the molecule is CCC(COC)Nc1nc2ccccn2c1C(=O)O. The number of carbonyl (C=O) groups is 1. The van der Waals surface area contributed by atoms with Gasteiger partial charge in [-0.3, -0.25) is 4.40 Å². The van der Waals surface area contributed by atoms with Crippen LogP contribution in [0.4, 0.5) is 5.82 Å². The van der Waals surface area contributed by atoms with Gasteiger partial charge < -0.3 is 15.2 Å². The van der Waals surface area contributed by atoms with E-state index in [1.807, 2.05) is 13.0 Å². The Kier molecular flexibility index (Phi) is 4.01. The second kappa shape index (κ2) is 5.71. The van der Waals surface area contributed by atoms with Gasteiger partial charge in [-0.15, -0.1) is 0 Å². The van der Waals surface area contributed by atoms with E-state index in [2.05, 4.69) is 10.3 Å². The molecule has 2 rings (SSSR count). The molecule has 0 amide bonds. The number of methoxy groups -OCH3 is 1. The van der Waals surface area contributed by atoms with Gasteiger partial charge in [-0.2, -0.15) is 0 Å². The fourth-order valence-electron chi connectivity index (χ4n) is 1.96. The van der Waals surface area contributed by atoms with Crippen molar-refractivity contribution >= 4 is 17.4 Å². The number of hydrogen-bond donors (Lipinski definition) is 2. The first-order valence-corrected chi connectivity index (χ1v) is 6.13. The first-order chi connectivity index (χ1) is 9.17. The molecule has 2 aromatic heterocycles. The quantitative estimate of drug-likeness (QED) is 0.832. The van der Waals surface area contributed by atoms with Crippen molar-refractivity contribution in [1.29, 1.82) is 0 Å². The summed E-state index contributed by atoms with van der Waals surface area (Å²) in [5, 5.41) is 12.5. The van der Waals surface area contributed by atoms with Gasteiger partial charge in [0.1, 0.15) is 5.65 Å². The van der Waals surface area contributed by atoms with Crippen LogP contribution in [0.25, 0.3) is 5.65 Å². The number of pyridine rings is 1. The Morgan fingerprint density at radius 2 is 2.37 bits per heavy atom. The molecule has 19 heavy (non-hydrogen) atoms. The second-order valence-electron chi connectivity index (χ2n) is 4.25. The van der Waals surface area contributed by atoms with Gasteiger partial charge in [-0.1, -0.05) is 13.0 Å². The first-order valence-electron chi connectivity index (χ1n) is 6.13. The molecule has 1 atom stereocenters. The lowest BCUT2D eigenvalue weighted by Crippen LogP contribution is -2.25. The Morgan fingerprint density at radius 3 is 3.00 bits per heavy atom. The molecule has 2 N–H and O–H groups in total. The Bertz CT molecular complexity index is 580. The third kappa shape index (κ3) is 2.68. The number of nitrogens with zero attached hydrogens (tertiary/aromatic N) is 2.